The number of esters is 1. The molecule has 2 saturated heterocycles. The number of aromatic nitrogens is 1. The molecule has 11 nitrogen and oxygen atoms in total. The second-order valence-corrected chi connectivity index (χ2v) is 18.8. The van der Waals surface area contributed by atoms with Crippen LogP contribution < -0.4 is 0 Å². The fourth-order valence-electron chi connectivity index (χ4n) is 9.52. The first-order valence-electron chi connectivity index (χ1n) is 20.6. The Kier molecular flexibility index (Phi) is 11.9. The van der Waals surface area contributed by atoms with E-state index in [9.17, 15) is 22.7 Å². The van der Waals surface area contributed by atoms with Crippen molar-refractivity contribution in [3.8, 4) is 0 Å². The molecule has 4 fully saturated rings. The fraction of sp³-hybridized carbons (Fsp3) is 0.667. The molecule has 2 saturated carbocycles. The lowest BCUT2D eigenvalue weighted by Gasteiger charge is -2.33. The topological polar surface area (TPSA) is 132 Å². The van der Waals surface area contributed by atoms with Crippen LogP contribution in [0.5, 0.6) is 0 Å². The van der Waals surface area contributed by atoms with Crippen LogP contribution in [-0.4, -0.2) is 92.1 Å². The van der Waals surface area contributed by atoms with Crippen molar-refractivity contribution in [3.05, 3.63) is 59.2 Å². The number of carbonyl (C=O) groups excluding carboxylic acids is 1. The number of oxazole rings is 1. The Morgan fingerprint density at radius 2 is 1.85 bits per heavy atom. The number of β-amino-alcohol motifs (C(OH)–C–C–N with tert-alkyl or cyclic N) is 1. The van der Waals surface area contributed by atoms with Gasteiger partial charge in [0.05, 0.1) is 30.6 Å². The van der Waals surface area contributed by atoms with Crippen LogP contribution in [0.25, 0.3) is 11.1 Å². The Balaban J connectivity index is 1.06. The minimum Gasteiger partial charge on any atom is -0.462 e. The van der Waals surface area contributed by atoms with Gasteiger partial charge in [-0.15, -0.1) is 0 Å². The lowest BCUT2D eigenvalue weighted by atomic mass is 9.86. The Bertz CT molecular complexity index is 1920. The molecular weight excluding hydrogens is 726 g/mol. The van der Waals surface area contributed by atoms with Crippen molar-refractivity contribution in [2.75, 3.05) is 39.9 Å². The third-order valence-electron chi connectivity index (χ3n) is 12.6. The van der Waals surface area contributed by atoms with E-state index in [0.29, 0.717) is 66.6 Å². The molecule has 8 rings (SSSR count). The lowest BCUT2D eigenvalue weighted by Crippen LogP contribution is -2.42. The number of hydrogen-bond acceptors (Lipinski definition) is 10. The minimum atomic E-state index is -4.16. The number of hydrogen-bond donors (Lipinski definition) is 1. The van der Waals surface area contributed by atoms with Crippen molar-refractivity contribution in [1.82, 2.24) is 14.2 Å². The van der Waals surface area contributed by atoms with Crippen molar-refractivity contribution < 1.29 is 41.3 Å². The van der Waals surface area contributed by atoms with Crippen LogP contribution in [0.2, 0.25) is 0 Å². The van der Waals surface area contributed by atoms with E-state index in [2.05, 4.69) is 4.90 Å². The van der Waals surface area contributed by atoms with Gasteiger partial charge in [0.15, 0.2) is 17.8 Å². The molecule has 0 spiro atoms. The molecule has 3 aliphatic heterocycles. The van der Waals surface area contributed by atoms with Gasteiger partial charge in [0.1, 0.15) is 17.4 Å². The van der Waals surface area contributed by atoms with Gasteiger partial charge in [0.2, 0.25) is 10.0 Å². The van der Waals surface area contributed by atoms with E-state index < -0.39 is 33.8 Å². The summed E-state index contributed by atoms with van der Waals surface area (Å²) >= 11 is 0. The Morgan fingerprint density at radius 3 is 2.65 bits per heavy atom. The summed E-state index contributed by atoms with van der Waals surface area (Å²) in [6.45, 7) is 2.40. The van der Waals surface area contributed by atoms with Crippen molar-refractivity contribution >= 4 is 27.1 Å². The molecule has 2 aliphatic carbocycles. The number of ether oxygens (including phenoxy) is 3. The Hall–Kier alpha value is -2.94. The molecule has 2 aromatic carbocycles. The zero-order valence-electron chi connectivity index (χ0n) is 32.0. The minimum absolute atomic E-state index is 0.135. The van der Waals surface area contributed by atoms with Crippen molar-refractivity contribution in [3.63, 3.8) is 0 Å². The average molecular weight is 782 g/mol. The maximum absolute atomic E-state index is 14.9. The summed E-state index contributed by atoms with van der Waals surface area (Å²) in [5, 5.41) is 12.1. The zero-order valence-corrected chi connectivity index (χ0v) is 32.8. The normalized spacial score (nSPS) is 29.0. The van der Waals surface area contributed by atoms with E-state index >= 15 is 0 Å². The van der Waals surface area contributed by atoms with Gasteiger partial charge >= 0.3 is 5.97 Å². The third-order valence-corrected chi connectivity index (χ3v) is 14.6. The number of halogens is 1. The Morgan fingerprint density at radius 1 is 1.05 bits per heavy atom. The number of aliphatic hydroxyl groups excluding tert-OH is 1. The van der Waals surface area contributed by atoms with Gasteiger partial charge in [-0.05, 0) is 99.7 Å². The van der Waals surface area contributed by atoms with Crippen LogP contribution in [0.1, 0.15) is 87.6 Å². The molecule has 4 heterocycles. The number of rotatable bonds is 10. The molecule has 5 aliphatic rings. The van der Waals surface area contributed by atoms with Gasteiger partial charge in [0, 0.05) is 49.9 Å². The summed E-state index contributed by atoms with van der Waals surface area (Å²) in [5.74, 6) is 0.245. The van der Waals surface area contributed by atoms with E-state index in [4.69, 9.17) is 23.6 Å². The molecule has 55 heavy (non-hydrogen) atoms. The molecular formula is C42H56FN3O8S. The van der Waals surface area contributed by atoms with Crippen LogP contribution in [-0.2, 0) is 48.4 Å². The summed E-state index contributed by atoms with van der Waals surface area (Å²) in [7, 11) is -2.15. The first-order chi connectivity index (χ1) is 26.6. The summed E-state index contributed by atoms with van der Waals surface area (Å²) < 4.78 is 69.6. The maximum Gasteiger partial charge on any atom is 0.306 e. The molecule has 300 valence electrons. The van der Waals surface area contributed by atoms with Crippen LogP contribution in [0, 0.1) is 35.4 Å². The molecule has 0 unspecified atom stereocenters. The smallest absolute Gasteiger partial charge is 0.306 e. The molecule has 13 heteroatoms. The number of carbonyl (C=O) groups is 1. The highest BCUT2D eigenvalue weighted by molar-refractivity contribution is 7.89. The number of sulfonamides is 1. The average Bonchev–Trinajstić information content (AvgIpc) is 3.56. The van der Waals surface area contributed by atoms with E-state index in [1.54, 1.807) is 18.2 Å². The highest BCUT2D eigenvalue weighted by Crippen LogP contribution is 2.50. The van der Waals surface area contributed by atoms with Gasteiger partial charge < -0.3 is 28.6 Å². The predicted octanol–water partition coefficient (Wildman–Crippen LogP) is 6.25. The maximum atomic E-state index is 14.9. The monoisotopic (exact) mass is 781 g/mol. The molecule has 0 amide bonds. The second kappa shape index (κ2) is 16.9. The second-order valence-electron chi connectivity index (χ2n) is 16.9. The van der Waals surface area contributed by atoms with Crippen LogP contribution in [0.4, 0.5) is 4.39 Å². The number of fused-ring (bicyclic) bond motifs is 2. The van der Waals surface area contributed by atoms with Gasteiger partial charge in [-0.2, -0.15) is 4.31 Å². The van der Waals surface area contributed by atoms with Crippen LogP contribution >= 0.6 is 0 Å². The first kappa shape index (κ1) is 38.9. The van der Waals surface area contributed by atoms with Gasteiger partial charge in [-0.3, -0.25) is 4.79 Å². The number of benzene rings is 2. The molecule has 1 aromatic heterocycles. The molecule has 0 radical (unpaired) electrons. The molecule has 3 aromatic rings. The summed E-state index contributed by atoms with van der Waals surface area (Å²) in [6, 6.07) is 9.59. The highest BCUT2D eigenvalue weighted by atomic mass is 32.2. The van der Waals surface area contributed by atoms with Gasteiger partial charge in [-0.1, -0.05) is 37.8 Å². The summed E-state index contributed by atoms with van der Waals surface area (Å²) in [5.41, 5.74) is 2.34. The van der Waals surface area contributed by atoms with Crippen molar-refractivity contribution in [1.29, 1.82) is 0 Å². The summed E-state index contributed by atoms with van der Waals surface area (Å²) in [6.07, 6.45) is 8.54. The van der Waals surface area contributed by atoms with E-state index in [1.807, 2.05) is 13.1 Å². The largest absolute Gasteiger partial charge is 0.462 e. The summed E-state index contributed by atoms with van der Waals surface area (Å²) in [4.78, 5) is 20.8. The van der Waals surface area contributed by atoms with E-state index in [0.717, 1.165) is 64.3 Å². The zero-order chi connectivity index (χ0) is 38.1. The lowest BCUT2D eigenvalue weighted by molar-refractivity contribution is -0.182. The third kappa shape index (κ3) is 9.12. The number of aliphatic hydroxyl groups is 1. The van der Waals surface area contributed by atoms with Gasteiger partial charge in [-0.25, -0.2) is 17.8 Å². The number of nitrogens with zero attached hydrogens (tertiary/aromatic N) is 3. The van der Waals surface area contributed by atoms with E-state index in [1.165, 1.54) is 16.4 Å². The molecule has 1 N–H and O–H groups in total. The van der Waals surface area contributed by atoms with Crippen molar-refractivity contribution in [2.24, 2.45) is 29.6 Å². The molecule has 7 atom stereocenters. The van der Waals surface area contributed by atoms with Crippen LogP contribution in [0.15, 0.2) is 45.7 Å². The fourth-order valence-corrected chi connectivity index (χ4v) is 11.2. The quantitative estimate of drug-likeness (QED) is 0.236. The van der Waals surface area contributed by atoms with E-state index in [-0.39, 0.29) is 61.0 Å². The van der Waals surface area contributed by atoms with Gasteiger partial charge in [0.25, 0.3) is 0 Å². The highest BCUT2D eigenvalue weighted by Gasteiger charge is 2.55. The standard InChI is InChI=1S/C42H56FN3O8S/c1-45-14-6-4-2-3-5-7-15-46(55(49,50)38-23-37-34(20-30(38)24-45)44-39(53-37)19-27-11-12-27)25-35(47)29(17-28-9-8-10-32(43)18-28)22-40(48)54-36-21-31-26-52-42-41(31)33(36)13-16-51-42/h8-10,18,20,23,27,29,31,33,35-36,41-42,47H,2-7,11-17,19,21-22,24-26H2,1H3/t29-,31+,33+,35-,36+,41-,42-/m1/s1. The first-order valence-corrected chi connectivity index (χ1v) is 22.0. The molecule has 0 bridgehead atoms. The van der Waals surface area contributed by atoms with Crippen molar-refractivity contribution in [2.45, 2.75) is 113 Å². The predicted molar refractivity (Wildman–Crippen MR) is 203 cm³/mol. The van der Waals surface area contributed by atoms with Crippen LogP contribution in [0.3, 0.4) is 0 Å². The SMILES string of the molecule is CN1CCCCCCCCN(C[C@@H](O)[C@@H](CC(=O)O[C@H]2C[C@H]3CO[C@H]4OCC[C@@H]2[C@@H]34)Cc2cccc(F)c2)S(=O)(=O)c2cc3oc(CC4CC4)nc3cc2C1. The Labute approximate surface area is 323 Å².